The van der Waals surface area contributed by atoms with Gasteiger partial charge in [-0.25, -0.2) is 13.2 Å². The van der Waals surface area contributed by atoms with Gasteiger partial charge in [0.15, 0.2) is 0 Å². The zero-order valence-corrected chi connectivity index (χ0v) is 13.1. The average Bonchev–Trinajstić information content (AvgIpc) is 3.12. The highest BCUT2D eigenvalue weighted by Crippen LogP contribution is 2.32. The van der Waals surface area contributed by atoms with Gasteiger partial charge < -0.3 is 4.74 Å². The second-order valence-corrected chi connectivity index (χ2v) is 7.87. The van der Waals surface area contributed by atoms with Gasteiger partial charge in [0, 0.05) is 15.2 Å². The maximum Gasteiger partial charge on any atom is 0.339 e. The summed E-state index contributed by atoms with van der Waals surface area (Å²) in [7, 11) is 1.39. The first-order valence-corrected chi connectivity index (χ1v) is 8.89. The summed E-state index contributed by atoms with van der Waals surface area (Å²) in [5, 5.41) is 0. The molecule has 0 bridgehead atoms. The van der Waals surface area contributed by atoms with Crippen molar-refractivity contribution < 1.29 is 17.9 Å². The fraction of sp³-hybridized carbons (Fsp3) is 0.417. The van der Waals surface area contributed by atoms with Crippen molar-refractivity contribution in [3.63, 3.8) is 0 Å². The molecule has 0 atom stereocenters. The number of carbonyl (C=O) groups is 1. The maximum atomic E-state index is 11.9. The summed E-state index contributed by atoms with van der Waals surface area (Å²) in [6.45, 7) is 0.355. The van der Waals surface area contributed by atoms with Gasteiger partial charge in [-0.05, 0) is 46.5 Å². The minimum absolute atomic E-state index is 0.119. The number of benzene rings is 1. The van der Waals surface area contributed by atoms with Gasteiger partial charge in [0.05, 0.1) is 17.1 Å². The number of rotatable bonds is 5. The third-order valence-electron chi connectivity index (χ3n) is 2.90. The number of ether oxygens (including phenoxy) is 1. The molecule has 0 N–H and O–H groups in total. The van der Waals surface area contributed by atoms with Crippen LogP contribution >= 0.6 is 26.6 Å². The Bertz CT molecular complexity index is 596. The Labute approximate surface area is 124 Å². The molecule has 0 unspecified atom stereocenters. The van der Waals surface area contributed by atoms with Gasteiger partial charge in [-0.2, -0.15) is 0 Å². The lowest BCUT2D eigenvalue weighted by Crippen LogP contribution is -2.08. The summed E-state index contributed by atoms with van der Waals surface area (Å²) in [5.41, 5.74) is 0.164. The number of carbonyl (C=O) groups excluding carboxylic acids is 1. The lowest BCUT2D eigenvalue weighted by Gasteiger charge is -2.07. The van der Waals surface area contributed by atoms with Gasteiger partial charge >= 0.3 is 5.97 Å². The van der Waals surface area contributed by atoms with Crippen molar-refractivity contribution in [1.29, 1.82) is 0 Å². The monoisotopic (exact) mass is 366 g/mol. The molecule has 1 fully saturated rings. The summed E-state index contributed by atoms with van der Waals surface area (Å²) >= 11 is 3.19. The van der Waals surface area contributed by atoms with Crippen LogP contribution in [0.5, 0.6) is 0 Å². The highest BCUT2D eigenvalue weighted by Gasteiger charge is 2.22. The van der Waals surface area contributed by atoms with Crippen molar-refractivity contribution in [1.82, 2.24) is 0 Å². The minimum atomic E-state index is -3.86. The van der Waals surface area contributed by atoms with E-state index >= 15 is 0 Å². The van der Waals surface area contributed by atoms with Gasteiger partial charge in [-0.1, -0.05) is 12.8 Å². The summed E-state index contributed by atoms with van der Waals surface area (Å²) in [5.74, 6) is 0.125. The number of esters is 1. The molecule has 0 radical (unpaired) electrons. The first-order chi connectivity index (χ1) is 8.88. The van der Waals surface area contributed by atoms with Crippen molar-refractivity contribution in [2.45, 2.75) is 24.2 Å². The molecule has 4 nitrogen and oxygen atoms in total. The Hall–Kier alpha value is -0.590. The van der Waals surface area contributed by atoms with E-state index in [0.29, 0.717) is 17.0 Å². The Morgan fingerprint density at radius 2 is 2.11 bits per heavy atom. The van der Waals surface area contributed by atoms with Crippen molar-refractivity contribution in [2.75, 3.05) is 6.61 Å². The van der Waals surface area contributed by atoms with Crippen molar-refractivity contribution >= 4 is 41.6 Å². The Balaban J connectivity index is 2.10. The molecule has 19 heavy (non-hydrogen) atoms. The molecular weight excluding hydrogens is 356 g/mol. The first-order valence-electron chi connectivity index (χ1n) is 5.79. The van der Waals surface area contributed by atoms with Crippen LogP contribution < -0.4 is 0 Å². The third-order valence-corrected chi connectivity index (χ3v) is 4.94. The number of hydrogen-bond donors (Lipinski definition) is 0. The van der Waals surface area contributed by atoms with Gasteiger partial charge in [0.25, 0.3) is 9.05 Å². The van der Waals surface area contributed by atoms with Crippen LogP contribution in [0.15, 0.2) is 27.6 Å². The van der Waals surface area contributed by atoms with Crippen LogP contribution in [0.25, 0.3) is 0 Å². The first kappa shape index (κ1) is 14.8. The molecule has 1 aromatic rings. The van der Waals surface area contributed by atoms with Crippen LogP contribution in [0, 0.1) is 5.92 Å². The standard InChI is InChI=1S/C12H12BrClO4S/c13-11-4-3-9(19(14,16)17)7-10(11)12(15)18-6-5-8-1-2-8/h3-4,7-8H,1-2,5-6H2. The second-order valence-electron chi connectivity index (χ2n) is 4.45. The molecule has 1 aliphatic carbocycles. The molecule has 1 aromatic carbocycles. The quantitative estimate of drug-likeness (QED) is 0.591. The molecule has 104 valence electrons. The smallest absolute Gasteiger partial charge is 0.339 e. The molecule has 2 rings (SSSR count). The van der Waals surface area contributed by atoms with Crippen LogP contribution in [-0.4, -0.2) is 21.0 Å². The number of halogens is 2. The molecule has 0 heterocycles. The highest BCUT2D eigenvalue weighted by molar-refractivity contribution is 9.10. The van der Waals surface area contributed by atoms with Gasteiger partial charge in [-0.15, -0.1) is 0 Å². The van der Waals surface area contributed by atoms with Gasteiger partial charge in [0.1, 0.15) is 0 Å². The molecule has 0 spiro atoms. The van der Waals surface area contributed by atoms with Crippen molar-refractivity contribution in [3.05, 3.63) is 28.2 Å². The molecule has 0 aromatic heterocycles. The molecule has 0 aliphatic heterocycles. The van der Waals surface area contributed by atoms with E-state index in [1.54, 1.807) is 0 Å². The molecular formula is C12H12BrClO4S. The van der Waals surface area contributed by atoms with Crippen molar-refractivity contribution in [2.24, 2.45) is 5.92 Å². The van der Waals surface area contributed by atoms with E-state index in [9.17, 15) is 13.2 Å². The van der Waals surface area contributed by atoms with Gasteiger partial charge in [-0.3, -0.25) is 0 Å². The summed E-state index contributed by atoms with van der Waals surface area (Å²) < 4.78 is 28.1. The van der Waals surface area contributed by atoms with Crippen LogP contribution in [0.3, 0.4) is 0 Å². The Morgan fingerprint density at radius 1 is 1.42 bits per heavy atom. The lowest BCUT2D eigenvalue weighted by molar-refractivity contribution is 0.0493. The zero-order chi connectivity index (χ0) is 14.0. The van der Waals surface area contributed by atoms with E-state index in [-0.39, 0.29) is 10.5 Å². The zero-order valence-electron chi connectivity index (χ0n) is 9.93. The number of hydrogen-bond acceptors (Lipinski definition) is 4. The summed E-state index contributed by atoms with van der Waals surface area (Å²) in [4.78, 5) is 11.7. The van der Waals surface area contributed by atoms with E-state index in [1.807, 2.05) is 0 Å². The molecule has 7 heteroatoms. The Morgan fingerprint density at radius 3 is 2.68 bits per heavy atom. The predicted octanol–water partition coefficient (Wildman–Crippen LogP) is 3.33. The van der Waals surface area contributed by atoms with E-state index < -0.39 is 15.0 Å². The van der Waals surface area contributed by atoms with E-state index in [2.05, 4.69) is 15.9 Å². The fourth-order valence-corrected chi connectivity index (χ4v) is 2.80. The fourth-order valence-electron chi connectivity index (χ4n) is 1.62. The predicted molar refractivity (Wildman–Crippen MR) is 74.8 cm³/mol. The molecule has 0 saturated heterocycles. The maximum absolute atomic E-state index is 11.9. The largest absolute Gasteiger partial charge is 0.462 e. The normalized spacial score (nSPS) is 15.3. The highest BCUT2D eigenvalue weighted by atomic mass is 79.9. The van der Waals surface area contributed by atoms with Crippen LogP contribution in [-0.2, 0) is 13.8 Å². The van der Waals surface area contributed by atoms with Crippen LogP contribution in [0.2, 0.25) is 0 Å². The SMILES string of the molecule is O=C(OCCC1CC1)c1cc(S(=O)(=O)Cl)ccc1Br. The summed E-state index contributed by atoms with van der Waals surface area (Å²) in [6, 6.07) is 4.01. The van der Waals surface area contributed by atoms with Crippen LogP contribution in [0.1, 0.15) is 29.6 Å². The summed E-state index contributed by atoms with van der Waals surface area (Å²) in [6.07, 6.45) is 3.25. The molecule has 0 amide bonds. The third kappa shape index (κ3) is 4.19. The average molecular weight is 368 g/mol. The topological polar surface area (TPSA) is 60.4 Å². The van der Waals surface area contributed by atoms with Gasteiger partial charge in [0.2, 0.25) is 0 Å². The Kier molecular flexibility index (Phi) is 4.53. The minimum Gasteiger partial charge on any atom is -0.462 e. The van der Waals surface area contributed by atoms with Crippen LogP contribution in [0.4, 0.5) is 0 Å². The van der Waals surface area contributed by atoms with E-state index in [4.69, 9.17) is 15.4 Å². The van der Waals surface area contributed by atoms with Crippen molar-refractivity contribution in [3.8, 4) is 0 Å². The lowest BCUT2D eigenvalue weighted by atomic mass is 10.2. The van der Waals surface area contributed by atoms with E-state index in [1.165, 1.54) is 31.0 Å². The molecule has 1 saturated carbocycles. The molecule has 1 aliphatic rings. The second kappa shape index (κ2) is 5.81. The van der Waals surface area contributed by atoms with E-state index in [0.717, 1.165) is 6.42 Å².